The summed E-state index contributed by atoms with van der Waals surface area (Å²) in [4.78, 5) is 42.3. The van der Waals surface area contributed by atoms with Crippen LogP contribution in [0.25, 0.3) is 43.1 Å². The number of rotatable bonds is 6. The van der Waals surface area contributed by atoms with E-state index in [-0.39, 0.29) is 13.2 Å². The molecule has 86 heavy (non-hydrogen) atoms. The molecular formula is C68H50B2N12O2Si2. The number of amidine groups is 4. The molecule has 0 saturated heterocycles. The molecule has 6 aromatic carbocycles. The van der Waals surface area contributed by atoms with Gasteiger partial charge in [-0.25, -0.2) is 39.9 Å². The van der Waals surface area contributed by atoms with Crippen molar-refractivity contribution in [2.75, 3.05) is 13.2 Å². The second-order valence-electron chi connectivity index (χ2n) is 23.8. The summed E-state index contributed by atoms with van der Waals surface area (Å²) < 4.78 is 22.6. The summed E-state index contributed by atoms with van der Waals surface area (Å²) in [7, 11) is -5.18. The molecule has 0 aliphatic carbocycles. The minimum Gasteiger partial charge on any atom is -0.396 e. The van der Waals surface area contributed by atoms with E-state index in [0.717, 1.165) is 88.0 Å². The van der Waals surface area contributed by atoms with Crippen LogP contribution in [0.5, 0.6) is 0 Å². The number of aromatic nitrogens is 4. The highest BCUT2D eigenvalue weighted by Crippen LogP contribution is 2.43. The van der Waals surface area contributed by atoms with E-state index in [2.05, 4.69) is 177 Å². The quantitative estimate of drug-likeness (QED) is 0.0931. The largest absolute Gasteiger partial charge is 0.562 e. The van der Waals surface area contributed by atoms with E-state index < -0.39 is 30.5 Å². The SMILES string of the molecule is C[Si](C)(C)C#CC(C#C[Si](C)(C)C)=C(C#CCCOB1n2c3c4ccccc4c2N=c2c4ccccc4c(n21)=NC1=NC(=N3)c2ccccc21)C#CCCOB1n2c3c4ccccc4c2N=c2c4ccccc4c(n21)=NC1=NC(=N3)c2ccccc21. The fourth-order valence-electron chi connectivity index (χ4n) is 11.9. The Hall–Kier alpha value is -10.2. The third kappa shape index (κ3) is 8.41. The van der Waals surface area contributed by atoms with Crippen molar-refractivity contribution in [3.63, 3.8) is 0 Å². The lowest BCUT2D eigenvalue weighted by Gasteiger charge is -2.22. The maximum atomic E-state index is 7.13. The Morgan fingerprint density at radius 1 is 0.349 bits per heavy atom. The molecule has 0 N–H and O–H groups in total. The van der Waals surface area contributed by atoms with E-state index in [1.807, 2.05) is 72.8 Å². The highest BCUT2D eigenvalue weighted by atomic mass is 28.3. The van der Waals surface area contributed by atoms with Gasteiger partial charge in [-0.2, -0.15) is 0 Å². The average Bonchev–Trinajstić information content (AvgIpc) is 1.57. The number of aliphatic imine (C=N–C) groups is 4. The van der Waals surface area contributed by atoms with Crippen molar-refractivity contribution in [2.45, 2.75) is 52.1 Å². The summed E-state index contributed by atoms with van der Waals surface area (Å²) in [6.07, 6.45) is 0.730. The molecule has 6 aliphatic rings. The van der Waals surface area contributed by atoms with Gasteiger partial charge in [-0.05, 0) is 0 Å². The maximum absolute atomic E-state index is 7.13. The van der Waals surface area contributed by atoms with Crippen molar-refractivity contribution >= 4 is 120 Å². The number of hydrogen-bond donors (Lipinski definition) is 0. The monoisotopic (exact) mass is 1140 g/mol. The van der Waals surface area contributed by atoms with Crippen LogP contribution < -0.4 is 22.0 Å². The predicted molar refractivity (Wildman–Crippen MR) is 349 cm³/mol. The van der Waals surface area contributed by atoms with Crippen molar-refractivity contribution in [1.29, 1.82) is 0 Å². The van der Waals surface area contributed by atoms with Crippen molar-refractivity contribution in [1.82, 2.24) is 17.9 Å². The van der Waals surface area contributed by atoms with E-state index in [1.54, 1.807) is 0 Å². The van der Waals surface area contributed by atoms with Crippen LogP contribution in [0.2, 0.25) is 39.3 Å². The molecule has 6 aliphatic heterocycles. The molecule has 10 aromatic rings. The van der Waals surface area contributed by atoms with E-state index >= 15 is 0 Å². The summed E-state index contributed by atoms with van der Waals surface area (Å²) >= 11 is 0. The zero-order valence-corrected chi connectivity index (χ0v) is 50.0. The van der Waals surface area contributed by atoms with Gasteiger partial charge in [-0.15, -0.1) is 11.1 Å². The Labute approximate surface area is 497 Å². The van der Waals surface area contributed by atoms with Crippen LogP contribution in [0.4, 0.5) is 23.3 Å². The van der Waals surface area contributed by atoms with Gasteiger partial charge in [-0.3, -0.25) is 0 Å². The van der Waals surface area contributed by atoms with Gasteiger partial charge >= 0.3 is 14.4 Å². The topological polar surface area (TPSA) is 137 Å². The fraction of sp³-hybridized carbons (Fsp3) is 0.147. The van der Waals surface area contributed by atoms with Gasteiger partial charge < -0.3 is 27.2 Å². The minimum atomic E-state index is -1.87. The Morgan fingerprint density at radius 2 is 0.640 bits per heavy atom. The summed E-state index contributed by atoms with van der Waals surface area (Å²) in [6, 6.07) is 49.3. The molecule has 8 bridgehead atoms. The second kappa shape index (κ2) is 19.7. The van der Waals surface area contributed by atoms with Gasteiger partial charge in [0.25, 0.3) is 0 Å². The lowest BCUT2D eigenvalue weighted by atomic mass is 9.98. The van der Waals surface area contributed by atoms with Gasteiger partial charge in [0.2, 0.25) is 0 Å². The van der Waals surface area contributed by atoms with E-state index in [9.17, 15) is 0 Å². The molecule has 0 saturated carbocycles. The van der Waals surface area contributed by atoms with Crippen LogP contribution in [0.15, 0.2) is 197 Å². The third-order valence-corrected chi connectivity index (χ3v) is 17.4. The predicted octanol–water partition coefficient (Wildman–Crippen LogP) is 10.3. The summed E-state index contributed by atoms with van der Waals surface area (Å²) in [6.45, 7) is 13.9. The first kappa shape index (κ1) is 51.5. The van der Waals surface area contributed by atoms with Crippen LogP contribution in [0.1, 0.15) is 35.1 Å². The van der Waals surface area contributed by atoms with Crippen molar-refractivity contribution in [3.05, 3.63) is 201 Å². The number of nitrogens with zero attached hydrogens (tertiary/aromatic N) is 12. The van der Waals surface area contributed by atoms with Gasteiger partial charge in [0.1, 0.15) is 61.4 Å². The number of allylic oxidation sites excluding steroid dienone is 2. The first-order valence-corrected chi connectivity index (χ1v) is 35.9. The van der Waals surface area contributed by atoms with Gasteiger partial charge in [0.05, 0.1) is 11.1 Å². The van der Waals surface area contributed by atoms with E-state index in [1.165, 1.54) is 0 Å². The standard InChI is InChI=1S/C68H50B2N12O2Si2/c1-85(2,3)41-37-44(38-42-86(4,5)6)43(23-19-21-39-83-69-79-61-49-29-11-15-33-53(49)65(79)77-66-54-34-16-12-30-50(54)62(80(66)69)74-58-46-26-8-7-25-45(46)57(71-58)73-61)24-20-22-40-84-70-81-63-51-31-13-17-35-55(51)67(81)78-68-56-36-18-14-32-52(56)64(82(68)70)76-60-48-28-10-9-27-47(48)59(72-60)75-63/h7-18,25-36H,21-22,39-40H2,1-6H3. The zero-order valence-electron chi connectivity index (χ0n) is 48.0. The normalized spacial score (nSPS) is 14.2. The van der Waals surface area contributed by atoms with Crippen LogP contribution in [-0.4, -0.2) is 85.0 Å². The van der Waals surface area contributed by atoms with Crippen molar-refractivity contribution in [2.24, 2.45) is 39.9 Å². The van der Waals surface area contributed by atoms with Crippen molar-refractivity contribution < 1.29 is 9.31 Å². The van der Waals surface area contributed by atoms with Crippen LogP contribution in [0.3, 0.4) is 0 Å². The highest BCUT2D eigenvalue weighted by molar-refractivity contribution is 6.84. The van der Waals surface area contributed by atoms with Gasteiger partial charge in [0, 0.05) is 91.4 Å². The number of hydrogen-bond acceptors (Lipinski definition) is 10. The maximum Gasteiger partial charge on any atom is 0.562 e. The number of benzene rings is 6. The minimum absolute atomic E-state index is 0.253. The lowest BCUT2D eigenvalue weighted by Crippen LogP contribution is -2.50. The van der Waals surface area contributed by atoms with Crippen LogP contribution >= 0.6 is 0 Å². The Bertz CT molecular complexity index is 5130. The zero-order chi connectivity index (χ0) is 58.0. The molecule has 18 heteroatoms. The smallest absolute Gasteiger partial charge is 0.396 e. The van der Waals surface area contributed by atoms with Crippen molar-refractivity contribution in [3.8, 4) is 46.6 Å². The summed E-state index contributed by atoms with van der Waals surface area (Å²) in [5.41, 5.74) is 14.9. The molecular weight excluding hydrogens is 1090 g/mol. The first-order chi connectivity index (χ1) is 41.9. The van der Waals surface area contributed by atoms with E-state index in [0.29, 0.717) is 69.9 Å². The van der Waals surface area contributed by atoms with Gasteiger partial charge in [0.15, 0.2) is 23.3 Å². The molecule has 10 heterocycles. The molecule has 0 fully saturated rings. The van der Waals surface area contributed by atoms with Crippen LogP contribution in [-0.2, 0) is 9.31 Å². The summed E-state index contributed by atoms with van der Waals surface area (Å²) in [5.74, 6) is 26.2. The highest BCUT2D eigenvalue weighted by Gasteiger charge is 2.40. The molecule has 0 amide bonds. The Balaban J connectivity index is 0.765. The number of fused-ring (bicyclic) bond motifs is 20. The molecule has 14 nitrogen and oxygen atoms in total. The summed E-state index contributed by atoms with van der Waals surface area (Å²) in [5, 5.41) is 7.63. The fourth-order valence-corrected chi connectivity index (χ4v) is 12.9. The molecule has 0 spiro atoms. The van der Waals surface area contributed by atoms with Crippen LogP contribution in [0, 0.1) is 46.6 Å². The molecule has 16 rings (SSSR count). The Morgan fingerprint density at radius 3 is 0.988 bits per heavy atom. The molecule has 408 valence electrons. The molecule has 0 atom stereocenters. The molecule has 0 unspecified atom stereocenters. The molecule has 0 radical (unpaired) electrons. The third-order valence-electron chi connectivity index (χ3n) is 15.6. The van der Waals surface area contributed by atoms with E-state index in [4.69, 9.17) is 49.2 Å². The lowest BCUT2D eigenvalue weighted by molar-refractivity contribution is 0.312. The Kier molecular flexibility index (Phi) is 11.8. The first-order valence-electron chi connectivity index (χ1n) is 28.9. The average molecular weight is 1150 g/mol. The van der Waals surface area contributed by atoms with Gasteiger partial charge in [-0.1, -0.05) is 220 Å². The molecule has 4 aromatic heterocycles. The second-order valence-corrected chi connectivity index (χ2v) is 33.3.